The van der Waals surface area contributed by atoms with E-state index in [1.54, 1.807) is 0 Å². The first kappa shape index (κ1) is 8.98. The first-order valence-electron chi connectivity index (χ1n) is 9.18. The van der Waals surface area contributed by atoms with Gasteiger partial charge in [0, 0.05) is 16.5 Å². The summed E-state index contributed by atoms with van der Waals surface area (Å²) in [5.41, 5.74) is -1.58. The number of aliphatic hydroxyl groups is 1. The number of aromatic hydroxyl groups is 1. The molecule has 0 spiro atoms. The van der Waals surface area contributed by atoms with Crippen molar-refractivity contribution in [3.8, 4) is 5.75 Å². The Hall–Kier alpha value is -1.06. The standard InChI is InChI=1S/C16H25NO2/c1-17(2)12-15(13-6-8-14(18)9-7-13)16(19)10-4-3-5-11-16/h6-9,15,18-19H,3-5,10-12H2,1-2H3/i8D,9D,12D2,15D. The number of hydrogen-bond acceptors (Lipinski definition) is 3. The SMILES string of the molecule is [2H]c1cc(C([2H])(C2(O)CCCCC2)C([2H])([2H])N(C)C)cc([2H])c1O. The summed E-state index contributed by atoms with van der Waals surface area (Å²) in [5.74, 6) is -2.61. The largest absolute Gasteiger partial charge is 0.508 e. The van der Waals surface area contributed by atoms with Crippen LogP contribution in [0.4, 0.5) is 0 Å². The van der Waals surface area contributed by atoms with Crippen LogP contribution >= 0.6 is 0 Å². The normalized spacial score (nSPS) is 26.6. The van der Waals surface area contributed by atoms with E-state index in [4.69, 9.17) is 6.85 Å². The van der Waals surface area contributed by atoms with Crippen molar-refractivity contribution in [2.75, 3.05) is 20.6 Å². The van der Waals surface area contributed by atoms with E-state index < -0.39 is 23.7 Å². The van der Waals surface area contributed by atoms with E-state index in [1.165, 1.54) is 31.1 Å². The minimum atomic E-state index is -2.24. The van der Waals surface area contributed by atoms with Gasteiger partial charge < -0.3 is 15.1 Å². The van der Waals surface area contributed by atoms with E-state index in [1.807, 2.05) is 0 Å². The summed E-state index contributed by atoms with van der Waals surface area (Å²) in [7, 11) is 3.00. The molecule has 1 unspecified atom stereocenters. The average Bonchev–Trinajstić information content (AvgIpc) is 2.51. The third-order valence-electron chi connectivity index (χ3n) is 3.50. The van der Waals surface area contributed by atoms with Crippen molar-refractivity contribution >= 4 is 0 Å². The van der Waals surface area contributed by atoms with Gasteiger partial charge in [0.25, 0.3) is 0 Å². The van der Waals surface area contributed by atoms with Gasteiger partial charge in [-0.05, 0) is 44.6 Å². The molecule has 0 aromatic heterocycles. The Morgan fingerprint density at radius 2 is 1.95 bits per heavy atom. The Morgan fingerprint density at radius 3 is 2.47 bits per heavy atom. The monoisotopic (exact) mass is 268 g/mol. The Kier molecular flexibility index (Phi) is 2.80. The zero-order chi connectivity index (χ0) is 18.3. The molecule has 1 aliphatic rings. The van der Waals surface area contributed by atoms with E-state index in [2.05, 4.69) is 0 Å². The Morgan fingerprint density at radius 1 is 1.37 bits per heavy atom. The molecule has 2 rings (SSSR count). The van der Waals surface area contributed by atoms with E-state index in [-0.39, 0.29) is 30.5 Å². The molecule has 0 aliphatic heterocycles. The van der Waals surface area contributed by atoms with Crippen LogP contribution in [0.3, 0.4) is 0 Å². The van der Waals surface area contributed by atoms with Gasteiger partial charge >= 0.3 is 0 Å². The molecule has 0 bridgehead atoms. The summed E-state index contributed by atoms with van der Waals surface area (Å²) in [4.78, 5) is 1.24. The van der Waals surface area contributed by atoms with E-state index in [0.29, 0.717) is 12.8 Å². The molecule has 3 nitrogen and oxygen atoms in total. The molecule has 0 radical (unpaired) electrons. The van der Waals surface area contributed by atoms with Crippen molar-refractivity contribution in [3.63, 3.8) is 0 Å². The summed E-state index contributed by atoms with van der Waals surface area (Å²) in [5, 5.41) is 20.9. The summed E-state index contributed by atoms with van der Waals surface area (Å²) in [6.45, 7) is -2.24. The third-order valence-corrected chi connectivity index (χ3v) is 3.50. The fraction of sp³-hybridized carbons (Fsp3) is 0.625. The molecule has 0 saturated heterocycles. The third kappa shape index (κ3) is 3.48. The summed E-state index contributed by atoms with van der Waals surface area (Å²) >= 11 is 0. The van der Waals surface area contributed by atoms with Gasteiger partial charge in [-0.15, -0.1) is 0 Å². The highest BCUT2D eigenvalue weighted by molar-refractivity contribution is 5.30. The van der Waals surface area contributed by atoms with Gasteiger partial charge in [0.2, 0.25) is 0 Å². The van der Waals surface area contributed by atoms with Gasteiger partial charge in [0.05, 0.1) is 8.34 Å². The zero-order valence-electron chi connectivity index (χ0n) is 16.5. The lowest BCUT2D eigenvalue weighted by Gasteiger charge is -2.40. The maximum absolute atomic E-state index is 11.2. The molecule has 3 heteroatoms. The molecule has 1 aliphatic carbocycles. The molecule has 1 fully saturated rings. The van der Waals surface area contributed by atoms with Crippen LogP contribution in [0.1, 0.15) is 50.4 Å². The number of rotatable bonds is 4. The van der Waals surface area contributed by atoms with E-state index in [9.17, 15) is 10.2 Å². The van der Waals surface area contributed by atoms with Crippen molar-refractivity contribution in [2.24, 2.45) is 0 Å². The smallest absolute Gasteiger partial charge is 0.115 e. The fourth-order valence-corrected chi connectivity index (χ4v) is 2.57. The number of hydrogen-bond donors (Lipinski definition) is 2. The van der Waals surface area contributed by atoms with Crippen LogP contribution in [-0.4, -0.2) is 41.3 Å². The minimum Gasteiger partial charge on any atom is -0.508 e. The average molecular weight is 268 g/mol. The fourth-order valence-electron chi connectivity index (χ4n) is 2.57. The van der Waals surface area contributed by atoms with Crippen LogP contribution in [-0.2, 0) is 0 Å². The molecule has 1 aromatic carbocycles. The van der Waals surface area contributed by atoms with Crippen LogP contribution in [0, 0.1) is 0 Å². The second-order valence-corrected chi connectivity index (χ2v) is 5.35. The molecular weight excluding hydrogens is 238 g/mol. The number of phenolic OH excluding ortho intramolecular Hbond substituents is 1. The predicted octanol–water partition coefficient (Wildman–Crippen LogP) is 2.73. The summed E-state index contributed by atoms with van der Waals surface area (Å²) < 4.78 is 41.6. The Labute approximate surface area is 122 Å². The number of likely N-dealkylation sites (N-methyl/N-ethyl adjacent to an activating group) is 1. The van der Waals surface area contributed by atoms with Crippen molar-refractivity contribution in [3.05, 3.63) is 29.8 Å². The lowest BCUT2D eigenvalue weighted by molar-refractivity contribution is -0.0277. The second kappa shape index (κ2) is 5.93. The lowest BCUT2D eigenvalue weighted by atomic mass is 9.72. The topological polar surface area (TPSA) is 43.7 Å². The molecule has 0 heterocycles. The van der Waals surface area contributed by atoms with Crippen molar-refractivity contribution < 1.29 is 17.1 Å². The van der Waals surface area contributed by atoms with Crippen LogP contribution in [0.5, 0.6) is 5.75 Å². The van der Waals surface area contributed by atoms with E-state index in [0.717, 1.165) is 6.42 Å². The molecular formula is C16H25NO2. The highest BCUT2D eigenvalue weighted by Gasteiger charge is 2.38. The van der Waals surface area contributed by atoms with Gasteiger partial charge in [-0.25, -0.2) is 0 Å². The lowest BCUT2D eigenvalue weighted by Crippen LogP contribution is -2.42. The highest BCUT2D eigenvalue weighted by atomic mass is 16.3. The molecule has 1 aromatic rings. The molecule has 106 valence electrons. The maximum Gasteiger partial charge on any atom is 0.115 e. The summed E-state index contributed by atoms with van der Waals surface area (Å²) in [6, 6.07) is 1.69. The minimum absolute atomic E-state index is 0.0402. The Balaban J connectivity index is 2.72. The van der Waals surface area contributed by atoms with Gasteiger partial charge in [-0.1, -0.05) is 31.4 Å². The molecule has 0 amide bonds. The van der Waals surface area contributed by atoms with Gasteiger partial charge in [0.15, 0.2) is 0 Å². The first-order valence-corrected chi connectivity index (χ1v) is 6.68. The molecule has 1 saturated carbocycles. The Bertz CT molecular complexity index is 593. The van der Waals surface area contributed by atoms with Crippen molar-refractivity contribution in [1.29, 1.82) is 0 Å². The van der Waals surface area contributed by atoms with Crippen LogP contribution in [0.25, 0.3) is 0 Å². The van der Waals surface area contributed by atoms with Crippen molar-refractivity contribution in [2.45, 2.75) is 43.6 Å². The number of nitrogens with zero attached hydrogens (tertiary/aromatic N) is 1. The molecule has 1 atom stereocenters. The summed E-state index contributed by atoms with van der Waals surface area (Å²) in [6.07, 6.45) is 2.88. The van der Waals surface area contributed by atoms with Crippen LogP contribution in [0.2, 0.25) is 0 Å². The van der Waals surface area contributed by atoms with Crippen LogP contribution in [0.15, 0.2) is 24.2 Å². The number of benzene rings is 1. The highest BCUT2D eigenvalue weighted by Crippen LogP contribution is 2.40. The van der Waals surface area contributed by atoms with Gasteiger partial charge in [-0.3, -0.25) is 0 Å². The predicted molar refractivity (Wildman–Crippen MR) is 77.4 cm³/mol. The van der Waals surface area contributed by atoms with Crippen LogP contribution < -0.4 is 0 Å². The molecule has 2 N–H and O–H groups in total. The number of phenols is 1. The zero-order valence-corrected chi connectivity index (χ0v) is 11.5. The van der Waals surface area contributed by atoms with Crippen molar-refractivity contribution in [1.82, 2.24) is 4.90 Å². The maximum atomic E-state index is 11.2. The quantitative estimate of drug-likeness (QED) is 0.882. The second-order valence-electron chi connectivity index (χ2n) is 5.35. The van der Waals surface area contributed by atoms with Gasteiger partial charge in [-0.2, -0.15) is 0 Å². The van der Waals surface area contributed by atoms with E-state index >= 15 is 0 Å². The molecule has 19 heavy (non-hydrogen) atoms. The van der Waals surface area contributed by atoms with Gasteiger partial charge in [0.1, 0.15) is 5.75 Å². The first-order chi connectivity index (χ1) is 11.0.